The van der Waals surface area contributed by atoms with E-state index in [1.807, 2.05) is 30.3 Å². The van der Waals surface area contributed by atoms with E-state index in [1.165, 1.54) is 0 Å². The first kappa shape index (κ1) is 14.4. The maximum absolute atomic E-state index is 11.8. The second-order valence-corrected chi connectivity index (χ2v) is 4.87. The van der Waals surface area contributed by atoms with Crippen LogP contribution in [0.2, 0.25) is 0 Å². The lowest BCUT2D eigenvalue weighted by Gasteiger charge is -2.30. The molecule has 0 aromatic heterocycles. The average Bonchev–Trinajstić information content (AvgIpc) is 2.49. The third kappa shape index (κ3) is 4.26. The fourth-order valence-corrected chi connectivity index (χ4v) is 2.41. The third-order valence-electron chi connectivity index (χ3n) is 3.45. The van der Waals surface area contributed by atoms with Gasteiger partial charge in [0.1, 0.15) is 12.7 Å². The molecule has 1 aromatic rings. The van der Waals surface area contributed by atoms with E-state index in [0.717, 1.165) is 31.2 Å². The van der Waals surface area contributed by atoms with Crippen LogP contribution in [0.25, 0.3) is 0 Å². The molecule has 2 rings (SSSR count). The number of carbonyl (C=O) groups is 2. The van der Waals surface area contributed by atoms with Gasteiger partial charge in [-0.15, -0.1) is 0 Å². The number of alkyl carbamates (subject to hydrolysis) is 1. The van der Waals surface area contributed by atoms with Crippen molar-refractivity contribution in [3.63, 3.8) is 0 Å². The zero-order valence-corrected chi connectivity index (χ0v) is 11.3. The molecule has 0 bridgehead atoms. The lowest BCUT2D eigenvalue weighted by molar-refractivity contribution is -0.136. The molecule has 0 aliphatic heterocycles. The van der Waals surface area contributed by atoms with Crippen LogP contribution in [0.5, 0.6) is 0 Å². The van der Waals surface area contributed by atoms with E-state index in [-0.39, 0.29) is 18.8 Å². The standard InChI is InChI=1S/C15H19NO4/c17-11-20-14-9-5-4-8-13(14)16-15(18)19-10-12-6-2-1-3-7-12/h1-3,6-7,11,13-14H,4-5,8-10H2,(H,16,18)/t13-,14-/m1/s1. The average molecular weight is 277 g/mol. The summed E-state index contributed by atoms with van der Waals surface area (Å²) >= 11 is 0. The summed E-state index contributed by atoms with van der Waals surface area (Å²) in [5.74, 6) is 0. The van der Waals surface area contributed by atoms with Crippen LogP contribution >= 0.6 is 0 Å². The van der Waals surface area contributed by atoms with Crippen LogP contribution in [0, 0.1) is 0 Å². The quantitative estimate of drug-likeness (QED) is 0.839. The first-order valence-electron chi connectivity index (χ1n) is 6.86. The van der Waals surface area contributed by atoms with Gasteiger partial charge in [0.05, 0.1) is 6.04 Å². The second kappa shape index (κ2) is 7.53. The number of hydrogen-bond acceptors (Lipinski definition) is 4. The lowest BCUT2D eigenvalue weighted by Crippen LogP contribution is -2.46. The summed E-state index contributed by atoms with van der Waals surface area (Å²) in [6, 6.07) is 9.33. The van der Waals surface area contributed by atoms with Crippen molar-refractivity contribution in [1.29, 1.82) is 0 Å². The van der Waals surface area contributed by atoms with E-state index >= 15 is 0 Å². The number of nitrogens with one attached hydrogen (secondary N) is 1. The molecule has 5 heteroatoms. The number of hydrogen-bond donors (Lipinski definition) is 1. The number of rotatable bonds is 5. The normalized spacial score (nSPS) is 21.8. The zero-order chi connectivity index (χ0) is 14.2. The summed E-state index contributed by atoms with van der Waals surface area (Å²) in [4.78, 5) is 22.2. The fourth-order valence-electron chi connectivity index (χ4n) is 2.41. The summed E-state index contributed by atoms with van der Waals surface area (Å²) < 4.78 is 10.2. The molecule has 1 aliphatic rings. The highest BCUT2D eigenvalue weighted by molar-refractivity contribution is 5.67. The molecule has 0 unspecified atom stereocenters. The van der Waals surface area contributed by atoms with Crippen molar-refractivity contribution in [3.8, 4) is 0 Å². The molecule has 1 saturated carbocycles. The van der Waals surface area contributed by atoms with Crippen molar-refractivity contribution in [2.24, 2.45) is 0 Å². The summed E-state index contributed by atoms with van der Waals surface area (Å²) in [5.41, 5.74) is 0.937. The van der Waals surface area contributed by atoms with Gasteiger partial charge in [0, 0.05) is 0 Å². The van der Waals surface area contributed by atoms with E-state index in [4.69, 9.17) is 9.47 Å². The van der Waals surface area contributed by atoms with Crippen LogP contribution < -0.4 is 5.32 Å². The molecule has 108 valence electrons. The Balaban J connectivity index is 1.79. The van der Waals surface area contributed by atoms with Crippen molar-refractivity contribution in [1.82, 2.24) is 5.32 Å². The van der Waals surface area contributed by atoms with E-state index in [2.05, 4.69) is 5.32 Å². The number of carbonyl (C=O) groups excluding carboxylic acids is 2. The summed E-state index contributed by atoms with van der Waals surface area (Å²) in [5, 5.41) is 2.78. The van der Waals surface area contributed by atoms with Gasteiger partial charge in [-0.2, -0.15) is 0 Å². The molecule has 0 saturated heterocycles. The largest absolute Gasteiger partial charge is 0.462 e. The number of benzene rings is 1. The molecule has 1 aromatic carbocycles. The van der Waals surface area contributed by atoms with Crippen LogP contribution in [0.4, 0.5) is 4.79 Å². The summed E-state index contributed by atoms with van der Waals surface area (Å²) in [6.45, 7) is 0.679. The SMILES string of the molecule is O=CO[C@@H]1CCCC[C@H]1NC(=O)OCc1ccccc1. The van der Waals surface area contributed by atoms with Crippen molar-refractivity contribution in [2.45, 2.75) is 44.4 Å². The van der Waals surface area contributed by atoms with Gasteiger partial charge < -0.3 is 14.8 Å². The molecule has 2 atom stereocenters. The van der Waals surface area contributed by atoms with Gasteiger partial charge in [-0.3, -0.25) is 4.79 Å². The molecule has 0 heterocycles. The van der Waals surface area contributed by atoms with Gasteiger partial charge in [-0.05, 0) is 24.8 Å². The Hall–Kier alpha value is -2.04. The Morgan fingerprint density at radius 1 is 1.25 bits per heavy atom. The van der Waals surface area contributed by atoms with Gasteiger partial charge in [-0.25, -0.2) is 4.79 Å². The van der Waals surface area contributed by atoms with Crippen LogP contribution in [0.15, 0.2) is 30.3 Å². The minimum Gasteiger partial charge on any atom is -0.462 e. The van der Waals surface area contributed by atoms with Gasteiger partial charge in [0.15, 0.2) is 0 Å². The molecule has 0 spiro atoms. The Bertz CT molecular complexity index is 435. The zero-order valence-electron chi connectivity index (χ0n) is 11.3. The van der Waals surface area contributed by atoms with Crippen molar-refractivity contribution >= 4 is 12.6 Å². The van der Waals surface area contributed by atoms with E-state index in [1.54, 1.807) is 0 Å². The van der Waals surface area contributed by atoms with E-state index in [0.29, 0.717) is 6.47 Å². The molecular weight excluding hydrogens is 258 g/mol. The predicted molar refractivity (Wildman–Crippen MR) is 73.0 cm³/mol. The highest BCUT2D eigenvalue weighted by Gasteiger charge is 2.28. The maximum atomic E-state index is 11.8. The third-order valence-corrected chi connectivity index (χ3v) is 3.45. The summed E-state index contributed by atoms with van der Waals surface area (Å²) in [7, 11) is 0. The molecular formula is C15H19NO4. The van der Waals surface area contributed by atoms with Gasteiger partial charge in [0.2, 0.25) is 0 Å². The highest BCUT2D eigenvalue weighted by Crippen LogP contribution is 2.21. The maximum Gasteiger partial charge on any atom is 0.407 e. The summed E-state index contributed by atoms with van der Waals surface area (Å²) in [6.07, 6.45) is 2.89. The highest BCUT2D eigenvalue weighted by atomic mass is 16.6. The molecule has 1 aliphatic carbocycles. The Morgan fingerprint density at radius 3 is 2.75 bits per heavy atom. The van der Waals surface area contributed by atoms with Crippen LogP contribution in [-0.4, -0.2) is 24.7 Å². The topological polar surface area (TPSA) is 64.6 Å². The smallest absolute Gasteiger partial charge is 0.407 e. The molecule has 1 amide bonds. The minimum absolute atomic E-state index is 0.155. The van der Waals surface area contributed by atoms with Crippen molar-refractivity contribution in [3.05, 3.63) is 35.9 Å². The van der Waals surface area contributed by atoms with Crippen LogP contribution in [0.3, 0.4) is 0 Å². The first-order valence-corrected chi connectivity index (χ1v) is 6.86. The van der Waals surface area contributed by atoms with E-state index < -0.39 is 6.09 Å². The molecule has 5 nitrogen and oxygen atoms in total. The van der Waals surface area contributed by atoms with Gasteiger partial charge in [-0.1, -0.05) is 36.8 Å². The fraction of sp³-hybridized carbons (Fsp3) is 0.467. The monoisotopic (exact) mass is 277 g/mol. The number of amides is 1. The van der Waals surface area contributed by atoms with Crippen molar-refractivity contribution in [2.75, 3.05) is 0 Å². The number of ether oxygens (including phenoxy) is 2. The van der Waals surface area contributed by atoms with Gasteiger partial charge in [0.25, 0.3) is 6.47 Å². The lowest BCUT2D eigenvalue weighted by atomic mass is 9.92. The Kier molecular flexibility index (Phi) is 5.41. The molecule has 1 N–H and O–H groups in total. The predicted octanol–water partition coefficient (Wildman–Crippen LogP) is 2.40. The Labute approximate surface area is 118 Å². The minimum atomic E-state index is -0.472. The second-order valence-electron chi connectivity index (χ2n) is 4.87. The molecule has 0 radical (unpaired) electrons. The van der Waals surface area contributed by atoms with Crippen LogP contribution in [-0.2, 0) is 20.9 Å². The van der Waals surface area contributed by atoms with Gasteiger partial charge >= 0.3 is 6.09 Å². The van der Waals surface area contributed by atoms with E-state index in [9.17, 15) is 9.59 Å². The Morgan fingerprint density at radius 2 is 2.00 bits per heavy atom. The van der Waals surface area contributed by atoms with Crippen molar-refractivity contribution < 1.29 is 19.1 Å². The molecule has 1 fully saturated rings. The first-order chi connectivity index (χ1) is 9.79. The van der Waals surface area contributed by atoms with Crippen LogP contribution in [0.1, 0.15) is 31.2 Å². The molecule has 20 heavy (non-hydrogen) atoms.